The summed E-state index contributed by atoms with van der Waals surface area (Å²) >= 11 is 3.64. The molecule has 0 amide bonds. The zero-order valence-corrected chi connectivity index (χ0v) is 14.8. The van der Waals surface area contributed by atoms with E-state index in [0.29, 0.717) is 0 Å². The fourth-order valence-corrected chi connectivity index (χ4v) is 3.34. The minimum absolute atomic E-state index is 0.347. The summed E-state index contributed by atoms with van der Waals surface area (Å²) in [5.41, 5.74) is 1.18. The molecule has 3 rings (SSSR count). The van der Waals surface area contributed by atoms with Crippen LogP contribution >= 0.6 is 15.9 Å². The van der Waals surface area contributed by atoms with E-state index in [-0.39, 0.29) is 18.3 Å². The van der Waals surface area contributed by atoms with Gasteiger partial charge in [-0.05, 0) is 50.7 Å². The largest absolute Gasteiger partial charge is 0.494 e. The van der Waals surface area contributed by atoms with Crippen LogP contribution in [-0.4, -0.2) is 18.3 Å². The molecule has 0 spiro atoms. The molecule has 22 heavy (non-hydrogen) atoms. The third-order valence-electron chi connectivity index (χ3n) is 4.63. The molecule has 0 radical (unpaired) electrons. The summed E-state index contributed by atoms with van der Waals surface area (Å²) in [6, 6.07) is 10.1. The van der Waals surface area contributed by atoms with Gasteiger partial charge in [-0.15, -0.1) is 6.42 Å². The van der Waals surface area contributed by atoms with Crippen molar-refractivity contribution in [2.24, 2.45) is 0 Å². The summed E-state index contributed by atoms with van der Waals surface area (Å²) in [5.74, 6) is 2.73. The smallest absolute Gasteiger partial charge is 0.399 e. The maximum Gasteiger partial charge on any atom is 0.494 e. The quantitative estimate of drug-likeness (QED) is 0.570. The average molecular weight is 357 g/mol. The summed E-state index contributed by atoms with van der Waals surface area (Å²) in [4.78, 5) is 0. The van der Waals surface area contributed by atoms with E-state index in [2.05, 4.69) is 61.7 Å². The number of fused-ring (bicyclic) bond motifs is 1. The molecule has 2 aromatic carbocycles. The van der Waals surface area contributed by atoms with Gasteiger partial charge in [0.15, 0.2) is 0 Å². The third kappa shape index (κ3) is 2.38. The van der Waals surface area contributed by atoms with Crippen molar-refractivity contribution in [2.75, 3.05) is 0 Å². The molecule has 0 bridgehead atoms. The fraction of sp³-hybridized carbons (Fsp3) is 0.333. The Kier molecular flexibility index (Phi) is 3.64. The molecule has 0 atom stereocenters. The van der Waals surface area contributed by atoms with E-state index in [0.717, 1.165) is 26.3 Å². The van der Waals surface area contributed by atoms with Gasteiger partial charge in [-0.1, -0.05) is 40.0 Å². The van der Waals surface area contributed by atoms with Gasteiger partial charge in [0.25, 0.3) is 0 Å². The van der Waals surface area contributed by atoms with Crippen LogP contribution in [0.5, 0.6) is 0 Å². The second kappa shape index (κ2) is 5.13. The molecule has 1 aliphatic rings. The lowest BCUT2D eigenvalue weighted by Gasteiger charge is -2.32. The standard InChI is InChI=1S/C18H18BBrO2/c1-6-12-8-7-9-13-10-14(11-15(20)16(12)13)19-21-17(2,3)18(4,5)22-19/h1,7-11H,2-5H3. The molecular formula is C18H18BBrO2. The predicted octanol–water partition coefficient (Wildman–Crippen LogP) is 3.88. The number of halogens is 1. The normalized spacial score (nSPS) is 19.4. The van der Waals surface area contributed by atoms with Crippen LogP contribution in [0.15, 0.2) is 34.8 Å². The first kappa shape index (κ1) is 15.6. The number of rotatable bonds is 1. The van der Waals surface area contributed by atoms with Crippen LogP contribution in [0, 0.1) is 12.3 Å². The number of hydrogen-bond donors (Lipinski definition) is 0. The molecule has 0 unspecified atom stereocenters. The Bertz CT molecular complexity index is 774. The van der Waals surface area contributed by atoms with Gasteiger partial charge in [-0.2, -0.15) is 0 Å². The molecule has 4 heteroatoms. The van der Waals surface area contributed by atoms with E-state index in [1.165, 1.54) is 0 Å². The van der Waals surface area contributed by atoms with Crippen molar-refractivity contribution < 1.29 is 9.31 Å². The lowest BCUT2D eigenvalue weighted by atomic mass is 9.78. The topological polar surface area (TPSA) is 18.5 Å². The Labute approximate surface area is 140 Å². The molecule has 0 saturated carbocycles. The minimum atomic E-state index is -0.375. The first-order chi connectivity index (χ1) is 10.2. The average Bonchev–Trinajstić information content (AvgIpc) is 2.66. The highest BCUT2D eigenvalue weighted by molar-refractivity contribution is 9.10. The zero-order valence-electron chi connectivity index (χ0n) is 13.2. The van der Waals surface area contributed by atoms with Crippen LogP contribution < -0.4 is 5.46 Å². The highest BCUT2D eigenvalue weighted by Gasteiger charge is 2.51. The number of benzene rings is 2. The van der Waals surface area contributed by atoms with E-state index in [9.17, 15) is 0 Å². The van der Waals surface area contributed by atoms with Crippen molar-refractivity contribution in [1.29, 1.82) is 0 Å². The summed E-state index contributed by atoms with van der Waals surface area (Å²) in [6.45, 7) is 8.22. The van der Waals surface area contributed by atoms with Crippen molar-refractivity contribution in [2.45, 2.75) is 38.9 Å². The summed E-state index contributed by atoms with van der Waals surface area (Å²) in [5, 5.41) is 2.12. The van der Waals surface area contributed by atoms with E-state index < -0.39 is 0 Å². The molecule has 1 saturated heterocycles. The van der Waals surface area contributed by atoms with E-state index >= 15 is 0 Å². The highest BCUT2D eigenvalue weighted by Crippen LogP contribution is 2.37. The van der Waals surface area contributed by atoms with Gasteiger partial charge in [0.1, 0.15) is 0 Å². The molecule has 1 fully saturated rings. The summed E-state index contributed by atoms with van der Waals surface area (Å²) in [7, 11) is -0.375. The van der Waals surface area contributed by atoms with E-state index in [1.807, 2.05) is 18.2 Å². The Morgan fingerprint density at radius 1 is 1.09 bits per heavy atom. The molecule has 0 aromatic heterocycles. The van der Waals surface area contributed by atoms with Gasteiger partial charge in [-0.25, -0.2) is 0 Å². The summed E-state index contributed by atoms with van der Waals surface area (Å²) < 4.78 is 13.2. The molecule has 0 N–H and O–H groups in total. The van der Waals surface area contributed by atoms with Crippen LogP contribution in [0.2, 0.25) is 0 Å². The Morgan fingerprint density at radius 3 is 2.32 bits per heavy atom. The predicted molar refractivity (Wildman–Crippen MR) is 95.3 cm³/mol. The van der Waals surface area contributed by atoms with Crippen LogP contribution in [0.1, 0.15) is 33.3 Å². The lowest BCUT2D eigenvalue weighted by Crippen LogP contribution is -2.41. The highest BCUT2D eigenvalue weighted by atomic mass is 79.9. The monoisotopic (exact) mass is 356 g/mol. The van der Waals surface area contributed by atoms with Crippen molar-refractivity contribution >= 4 is 39.3 Å². The molecule has 2 nitrogen and oxygen atoms in total. The molecule has 1 heterocycles. The zero-order chi connectivity index (χ0) is 16.1. The third-order valence-corrected chi connectivity index (χ3v) is 5.26. The van der Waals surface area contributed by atoms with Gasteiger partial charge in [0.2, 0.25) is 0 Å². The van der Waals surface area contributed by atoms with Gasteiger partial charge in [0.05, 0.1) is 11.2 Å². The van der Waals surface area contributed by atoms with Gasteiger partial charge < -0.3 is 9.31 Å². The fourth-order valence-electron chi connectivity index (χ4n) is 2.63. The van der Waals surface area contributed by atoms with Gasteiger partial charge >= 0.3 is 7.12 Å². The molecule has 0 aliphatic carbocycles. The SMILES string of the molecule is C#Cc1cccc2cc(B3OC(C)(C)C(C)(C)O3)cc(Br)c12. The lowest BCUT2D eigenvalue weighted by molar-refractivity contribution is 0.00578. The van der Waals surface area contributed by atoms with Crippen molar-refractivity contribution in [1.82, 2.24) is 0 Å². The van der Waals surface area contributed by atoms with Crippen LogP contribution in [0.4, 0.5) is 0 Å². The van der Waals surface area contributed by atoms with Crippen LogP contribution in [-0.2, 0) is 9.31 Å². The van der Waals surface area contributed by atoms with Gasteiger partial charge in [-0.3, -0.25) is 0 Å². The second-order valence-corrected chi connectivity index (χ2v) is 7.49. The minimum Gasteiger partial charge on any atom is -0.399 e. The van der Waals surface area contributed by atoms with E-state index in [1.54, 1.807) is 0 Å². The number of terminal acetylenes is 1. The van der Waals surface area contributed by atoms with Crippen LogP contribution in [0.25, 0.3) is 10.8 Å². The molecule has 1 aliphatic heterocycles. The molecular weight excluding hydrogens is 339 g/mol. The van der Waals surface area contributed by atoms with Crippen molar-refractivity contribution in [3.63, 3.8) is 0 Å². The van der Waals surface area contributed by atoms with Gasteiger partial charge in [0, 0.05) is 15.4 Å². The number of hydrogen-bond acceptors (Lipinski definition) is 2. The second-order valence-electron chi connectivity index (χ2n) is 6.64. The molecule has 112 valence electrons. The first-order valence-corrected chi connectivity index (χ1v) is 8.09. The van der Waals surface area contributed by atoms with E-state index in [4.69, 9.17) is 15.7 Å². The Balaban J connectivity index is 2.10. The Hall–Kier alpha value is -1.28. The Morgan fingerprint density at radius 2 is 1.73 bits per heavy atom. The summed E-state index contributed by atoms with van der Waals surface area (Å²) in [6.07, 6.45) is 5.60. The maximum atomic E-state index is 6.13. The van der Waals surface area contributed by atoms with Crippen molar-refractivity contribution in [3.05, 3.63) is 40.4 Å². The van der Waals surface area contributed by atoms with Crippen LogP contribution in [0.3, 0.4) is 0 Å². The maximum absolute atomic E-state index is 6.13. The first-order valence-electron chi connectivity index (χ1n) is 7.29. The molecule has 2 aromatic rings. The van der Waals surface area contributed by atoms with Crippen molar-refractivity contribution in [3.8, 4) is 12.3 Å².